The minimum atomic E-state index is -0.441. The molecule has 0 spiro atoms. The predicted octanol–water partition coefficient (Wildman–Crippen LogP) is 1.69. The predicted molar refractivity (Wildman–Crippen MR) is 89.0 cm³/mol. The minimum Gasteiger partial charge on any atom is -0.494 e. The third-order valence-electron chi connectivity index (χ3n) is 4.97. The van der Waals surface area contributed by atoms with Gasteiger partial charge in [0.25, 0.3) is 0 Å². The average molecular weight is 332 g/mol. The number of likely N-dealkylation sites (tertiary alicyclic amines) is 1. The quantitative estimate of drug-likeness (QED) is 0.834. The minimum absolute atomic E-state index is 0.197. The number of rotatable bonds is 2. The Morgan fingerprint density at radius 2 is 2.17 bits per heavy atom. The molecular formula is C17H21FN4O2. The lowest BCUT2D eigenvalue weighted by Gasteiger charge is -2.47. The second-order valence-corrected chi connectivity index (χ2v) is 6.40. The number of methoxy groups -OCH3 is 1. The van der Waals surface area contributed by atoms with E-state index in [1.54, 1.807) is 6.07 Å². The van der Waals surface area contributed by atoms with Crippen LogP contribution < -0.4 is 9.64 Å². The highest BCUT2D eigenvalue weighted by Gasteiger charge is 2.37. The number of hydrogen-bond acceptors (Lipinski definition) is 6. The van der Waals surface area contributed by atoms with Gasteiger partial charge in [0.15, 0.2) is 11.6 Å². The molecule has 2 fully saturated rings. The van der Waals surface area contributed by atoms with E-state index >= 15 is 0 Å². The van der Waals surface area contributed by atoms with Gasteiger partial charge in [-0.2, -0.15) is 0 Å². The lowest BCUT2D eigenvalue weighted by molar-refractivity contribution is -0.0244. The number of aromatic nitrogens is 2. The van der Waals surface area contributed by atoms with E-state index < -0.39 is 5.82 Å². The summed E-state index contributed by atoms with van der Waals surface area (Å²) in [6.45, 7) is 3.35. The van der Waals surface area contributed by atoms with Gasteiger partial charge in [0, 0.05) is 25.0 Å². The number of halogens is 1. The SMILES string of the molecule is COc1ccc2c(N3CCOC4CCN(C)CC43)ncnc2c1F. The summed E-state index contributed by atoms with van der Waals surface area (Å²) in [5.41, 5.74) is 0.298. The number of piperidine rings is 1. The van der Waals surface area contributed by atoms with Crippen LogP contribution in [0.2, 0.25) is 0 Å². The molecule has 0 N–H and O–H groups in total. The molecule has 4 rings (SSSR count). The summed E-state index contributed by atoms with van der Waals surface area (Å²) in [4.78, 5) is 13.2. The van der Waals surface area contributed by atoms with E-state index in [0.29, 0.717) is 17.5 Å². The highest BCUT2D eigenvalue weighted by Crippen LogP contribution is 2.33. The van der Waals surface area contributed by atoms with Crippen LogP contribution >= 0.6 is 0 Å². The lowest BCUT2D eigenvalue weighted by atomic mass is 9.98. The number of morpholine rings is 1. The summed E-state index contributed by atoms with van der Waals surface area (Å²) in [5.74, 6) is 0.531. The molecule has 0 bridgehead atoms. The van der Waals surface area contributed by atoms with Crippen LogP contribution in [0, 0.1) is 5.82 Å². The zero-order chi connectivity index (χ0) is 16.7. The van der Waals surface area contributed by atoms with Crippen molar-refractivity contribution in [3.63, 3.8) is 0 Å². The Morgan fingerprint density at radius 1 is 1.29 bits per heavy atom. The van der Waals surface area contributed by atoms with Gasteiger partial charge in [-0.15, -0.1) is 0 Å². The smallest absolute Gasteiger partial charge is 0.191 e. The number of benzene rings is 1. The summed E-state index contributed by atoms with van der Waals surface area (Å²) in [5, 5.41) is 0.713. The van der Waals surface area contributed by atoms with Gasteiger partial charge in [-0.05, 0) is 25.6 Å². The molecule has 2 saturated heterocycles. The molecule has 0 radical (unpaired) electrons. The molecule has 1 aromatic heterocycles. The van der Waals surface area contributed by atoms with Gasteiger partial charge < -0.3 is 19.3 Å². The van der Waals surface area contributed by atoms with E-state index in [-0.39, 0.29) is 17.9 Å². The van der Waals surface area contributed by atoms with Crippen LogP contribution in [0.25, 0.3) is 10.9 Å². The number of anilines is 1. The summed E-state index contributed by atoms with van der Waals surface area (Å²) < 4.78 is 25.6. The van der Waals surface area contributed by atoms with Crippen LogP contribution in [0.15, 0.2) is 18.5 Å². The zero-order valence-electron chi connectivity index (χ0n) is 13.9. The number of fused-ring (bicyclic) bond motifs is 2. The second kappa shape index (κ2) is 6.14. The zero-order valence-corrected chi connectivity index (χ0v) is 13.9. The Bertz CT molecular complexity index is 757. The fraction of sp³-hybridized carbons (Fsp3) is 0.529. The molecule has 0 amide bonds. The Morgan fingerprint density at radius 3 is 3.00 bits per heavy atom. The van der Waals surface area contributed by atoms with E-state index in [9.17, 15) is 4.39 Å². The molecular weight excluding hydrogens is 311 g/mol. The number of likely N-dealkylation sites (N-methyl/N-ethyl adjacent to an activating group) is 1. The highest BCUT2D eigenvalue weighted by atomic mass is 19.1. The fourth-order valence-electron chi connectivity index (χ4n) is 3.74. The van der Waals surface area contributed by atoms with E-state index in [0.717, 1.165) is 31.9 Å². The molecule has 2 aromatic rings. The number of ether oxygens (including phenoxy) is 2. The van der Waals surface area contributed by atoms with Gasteiger partial charge >= 0.3 is 0 Å². The summed E-state index contributed by atoms with van der Waals surface area (Å²) in [6, 6.07) is 3.69. The highest BCUT2D eigenvalue weighted by molar-refractivity contribution is 5.91. The molecule has 1 aromatic carbocycles. The molecule has 128 valence electrons. The van der Waals surface area contributed by atoms with Gasteiger partial charge in [0.2, 0.25) is 0 Å². The average Bonchev–Trinajstić information content (AvgIpc) is 2.61. The van der Waals surface area contributed by atoms with Crippen LogP contribution in [0.5, 0.6) is 5.75 Å². The molecule has 6 nitrogen and oxygen atoms in total. The number of hydrogen-bond donors (Lipinski definition) is 0. The van der Waals surface area contributed by atoms with Crippen molar-refractivity contribution < 1.29 is 13.9 Å². The standard InChI is InChI=1S/C17H21FN4O2/c1-21-6-5-13-12(9-21)22(7-8-24-13)17-11-3-4-14(23-2)15(18)16(11)19-10-20-17/h3-4,10,12-13H,5-9H2,1-2H3. The van der Waals surface area contributed by atoms with Crippen molar-refractivity contribution in [3.8, 4) is 5.75 Å². The summed E-state index contributed by atoms with van der Waals surface area (Å²) in [7, 11) is 3.57. The first-order valence-electron chi connectivity index (χ1n) is 8.23. The van der Waals surface area contributed by atoms with Gasteiger partial charge in [0.1, 0.15) is 17.7 Å². The normalized spacial score (nSPS) is 24.9. The van der Waals surface area contributed by atoms with Crippen molar-refractivity contribution in [2.45, 2.75) is 18.6 Å². The largest absolute Gasteiger partial charge is 0.494 e. The van der Waals surface area contributed by atoms with Crippen molar-refractivity contribution in [1.82, 2.24) is 14.9 Å². The van der Waals surface area contributed by atoms with Gasteiger partial charge in [-0.3, -0.25) is 0 Å². The first kappa shape index (κ1) is 15.5. The van der Waals surface area contributed by atoms with Gasteiger partial charge in [-0.25, -0.2) is 14.4 Å². The topological polar surface area (TPSA) is 50.7 Å². The molecule has 7 heteroatoms. The van der Waals surface area contributed by atoms with Gasteiger partial charge in [0.05, 0.1) is 25.9 Å². The Hall–Kier alpha value is -1.99. The number of nitrogens with zero attached hydrogens (tertiary/aromatic N) is 4. The third-order valence-corrected chi connectivity index (χ3v) is 4.97. The van der Waals surface area contributed by atoms with Crippen LogP contribution in [-0.4, -0.2) is 67.4 Å². The van der Waals surface area contributed by atoms with Crippen molar-refractivity contribution in [3.05, 3.63) is 24.3 Å². The lowest BCUT2D eigenvalue weighted by Crippen LogP contribution is -2.59. The first-order valence-corrected chi connectivity index (χ1v) is 8.23. The molecule has 24 heavy (non-hydrogen) atoms. The van der Waals surface area contributed by atoms with E-state index in [1.165, 1.54) is 13.4 Å². The monoisotopic (exact) mass is 332 g/mol. The van der Waals surface area contributed by atoms with Crippen molar-refractivity contribution in [1.29, 1.82) is 0 Å². The second-order valence-electron chi connectivity index (χ2n) is 6.40. The van der Waals surface area contributed by atoms with E-state index in [1.807, 2.05) is 6.07 Å². The van der Waals surface area contributed by atoms with Crippen LogP contribution in [0.3, 0.4) is 0 Å². The van der Waals surface area contributed by atoms with Crippen molar-refractivity contribution in [2.24, 2.45) is 0 Å². The maximum Gasteiger partial charge on any atom is 0.191 e. The Balaban J connectivity index is 1.79. The van der Waals surface area contributed by atoms with Crippen LogP contribution in [-0.2, 0) is 4.74 Å². The maximum atomic E-state index is 14.5. The molecule has 2 aliphatic rings. The van der Waals surface area contributed by atoms with E-state index in [4.69, 9.17) is 9.47 Å². The molecule has 2 atom stereocenters. The molecule has 0 saturated carbocycles. The molecule has 2 aliphatic heterocycles. The Kier molecular flexibility index (Phi) is 3.97. The van der Waals surface area contributed by atoms with Crippen LogP contribution in [0.4, 0.5) is 10.2 Å². The summed E-state index contributed by atoms with van der Waals surface area (Å²) in [6.07, 6.45) is 2.63. The fourth-order valence-corrected chi connectivity index (χ4v) is 3.74. The molecule has 2 unspecified atom stereocenters. The van der Waals surface area contributed by atoms with Crippen molar-refractivity contribution in [2.75, 3.05) is 45.3 Å². The first-order chi connectivity index (χ1) is 11.7. The van der Waals surface area contributed by atoms with Crippen molar-refractivity contribution >= 4 is 16.7 Å². The maximum absolute atomic E-state index is 14.5. The molecule has 0 aliphatic carbocycles. The van der Waals surface area contributed by atoms with Gasteiger partial charge in [-0.1, -0.05) is 0 Å². The van der Waals surface area contributed by atoms with Crippen LogP contribution in [0.1, 0.15) is 6.42 Å². The summed E-state index contributed by atoms with van der Waals surface area (Å²) >= 11 is 0. The Labute approximate surface area is 140 Å². The molecule has 3 heterocycles. The third kappa shape index (κ3) is 2.48. The van der Waals surface area contributed by atoms with E-state index in [2.05, 4.69) is 26.8 Å².